The summed E-state index contributed by atoms with van der Waals surface area (Å²) in [5.74, 6) is 0.0257. The molecule has 0 aliphatic carbocycles. The molecule has 0 fully saturated rings. The quantitative estimate of drug-likeness (QED) is 0.618. The summed E-state index contributed by atoms with van der Waals surface area (Å²) in [6.45, 7) is 4.13. The molecule has 7 heteroatoms. The Kier molecular flexibility index (Phi) is 3.10. The van der Waals surface area contributed by atoms with Gasteiger partial charge in [0.2, 0.25) is 5.95 Å². The minimum absolute atomic E-state index is 0.0257. The van der Waals surface area contributed by atoms with Crippen molar-refractivity contribution in [3.63, 3.8) is 0 Å². The monoisotopic (exact) mass is 252 g/mol. The van der Waals surface area contributed by atoms with Crippen LogP contribution < -0.4 is 16.2 Å². The summed E-state index contributed by atoms with van der Waals surface area (Å²) in [6.07, 6.45) is 3.38. The summed E-state index contributed by atoms with van der Waals surface area (Å²) < 4.78 is 1.80. The van der Waals surface area contributed by atoms with Gasteiger partial charge in [-0.15, -0.1) is 6.58 Å². The lowest BCUT2D eigenvalue weighted by molar-refractivity contribution is 0.655. The van der Waals surface area contributed by atoms with E-state index in [1.807, 2.05) is 0 Å². The van der Waals surface area contributed by atoms with Crippen molar-refractivity contribution in [2.45, 2.75) is 19.4 Å². The van der Waals surface area contributed by atoms with E-state index in [0.717, 1.165) is 24.2 Å². The lowest BCUT2D eigenvalue weighted by Gasteiger charge is -2.01. The third kappa shape index (κ3) is 2.14. The van der Waals surface area contributed by atoms with Crippen molar-refractivity contribution >= 4 is 27.6 Å². The molecule has 0 atom stereocenters. The molecule has 3 N–H and O–H groups in total. The lowest BCUT2D eigenvalue weighted by atomic mass is 10.3. The first kappa shape index (κ1) is 11.6. The second-order valence-electron chi connectivity index (χ2n) is 3.55. The van der Waals surface area contributed by atoms with Crippen molar-refractivity contribution in [3.8, 4) is 0 Å². The number of thiazole rings is 1. The van der Waals surface area contributed by atoms with Crippen LogP contribution in [0.3, 0.4) is 0 Å². The van der Waals surface area contributed by atoms with Crippen LogP contribution in [0.4, 0.5) is 5.95 Å². The van der Waals surface area contributed by atoms with E-state index in [-0.39, 0.29) is 16.4 Å². The number of rotatable bonds is 4. The first-order chi connectivity index (χ1) is 8.13. The fourth-order valence-electron chi connectivity index (χ4n) is 1.56. The summed E-state index contributed by atoms with van der Waals surface area (Å²) >= 11 is 0.892. The molecule has 2 aromatic rings. The molecule has 0 bridgehead atoms. The molecule has 0 spiro atoms. The SMILES string of the molecule is C=CCCCn1c(=O)sc2c(=O)[nH]c(N)nc21. The van der Waals surface area contributed by atoms with Gasteiger partial charge in [0.1, 0.15) is 4.70 Å². The van der Waals surface area contributed by atoms with Gasteiger partial charge in [0, 0.05) is 6.54 Å². The molecule has 0 saturated carbocycles. The van der Waals surface area contributed by atoms with Crippen molar-refractivity contribution in [2.24, 2.45) is 0 Å². The average molecular weight is 252 g/mol. The van der Waals surface area contributed by atoms with Crippen molar-refractivity contribution in [1.82, 2.24) is 14.5 Å². The molecule has 2 rings (SSSR count). The number of nitrogen functional groups attached to an aromatic ring is 1. The van der Waals surface area contributed by atoms with Gasteiger partial charge in [-0.2, -0.15) is 4.98 Å². The van der Waals surface area contributed by atoms with E-state index in [9.17, 15) is 9.59 Å². The second-order valence-corrected chi connectivity index (χ2v) is 4.52. The summed E-state index contributed by atoms with van der Waals surface area (Å²) in [4.78, 5) is 29.5. The Morgan fingerprint density at radius 3 is 3.00 bits per heavy atom. The zero-order chi connectivity index (χ0) is 12.4. The van der Waals surface area contributed by atoms with E-state index in [2.05, 4.69) is 16.5 Å². The Labute approximate surface area is 100 Å². The molecule has 0 saturated heterocycles. The number of H-pyrrole nitrogens is 1. The highest BCUT2D eigenvalue weighted by Gasteiger charge is 2.12. The van der Waals surface area contributed by atoms with Crippen LogP contribution in [0.1, 0.15) is 12.8 Å². The van der Waals surface area contributed by atoms with Crippen LogP contribution in [-0.2, 0) is 6.54 Å². The standard InChI is InChI=1S/C10H12N4O2S/c1-2-3-4-5-14-7-6(17-10(14)16)8(15)13-9(11)12-7/h2H,1,3-5H2,(H3,11,12,13,15). The molecule has 17 heavy (non-hydrogen) atoms. The van der Waals surface area contributed by atoms with Gasteiger partial charge in [-0.25, -0.2) is 0 Å². The topological polar surface area (TPSA) is 93.8 Å². The van der Waals surface area contributed by atoms with Gasteiger partial charge >= 0.3 is 4.87 Å². The molecule has 2 aromatic heterocycles. The Morgan fingerprint density at radius 2 is 2.29 bits per heavy atom. The molecule has 0 aliphatic rings. The number of unbranched alkanes of at least 4 members (excludes halogenated alkanes) is 1. The first-order valence-electron chi connectivity index (χ1n) is 5.13. The molecule has 0 aromatic carbocycles. The molecule has 0 radical (unpaired) electrons. The van der Waals surface area contributed by atoms with Gasteiger partial charge in [-0.1, -0.05) is 17.4 Å². The van der Waals surface area contributed by atoms with Gasteiger partial charge in [0.25, 0.3) is 5.56 Å². The highest BCUT2D eigenvalue weighted by Crippen LogP contribution is 2.11. The minimum Gasteiger partial charge on any atom is -0.369 e. The number of hydrogen-bond donors (Lipinski definition) is 2. The molecule has 0 amide bonds. The fraction of sp³-hybridized carbons (Fsp3) is 0.300. The fourth-order valence-corrected chi connectivity index (χ4v) is 2.42. The molecule has 90 valence electrons. The van der Waals surface area contributed by atoms with Gasteiger partial charge < -0.3 is 5.73 Å². The number of nitrogens with zero attached hydrogens (tertiary/aromatic N) is 2. The molecule has 2 heterocycles. The van der Waals surface area contributed by atoms with Crippen LogP contribution in [0.5, 0.6) is 0 Å². The maximum Gasteiger partial charge on any atom is 0.309 e. The molecule has 6 nitrogen and oxygen atoms in total. The Hall–Kier alpha value is -1.89. The Balaban J connectivity index is 2.54. The normalized spacial score (nSPS) is 10.8. The lowest BCUT2D eigenvalue weighted by Crippen LogP contribution is -2.15. The van der Waals surface area contributed by atoms with Crippen LogP contribution in [0.2, 0.25) is 0 Å². The Bertz CT molecular complexity index is 667. The predicted molar refractivity (Wildman–Crippen MR) is 68.3 cm³/mol. The number of aryl methyl sites for hydroxylation is 1. The van der Waals surface area contributed by atoms with Gasteiger partial charge in [0.05, 0.1) is 0 Å². The molecule has 0 aliphatic heterocycles. The van der Waals surface area contributed by atoms with E-state index in [0.29, 0.717) is 16.9 Å². The minimum atomic E-state index is -0.364. The van der Waals surface area contributed by atoms with Crippen LogP contribution in [0.15, 0.2) is 22.2 Å². The number of aromatic nitrogens is 3. The van der Waals surface area contributed by atoms with Gasteiger partial charge in [-0.3, -0.25) is 19.1 Å². The highest BCUT2D eigenvalue weighted by molar-refractivity contribution is 7.16. The third-order valence-corrected chi connectivity index (χ3v) is 3.30. The maximum absolute atomic E-state index is 11.7. The highest BCUT2D eigenvalue weighted by atomic mass is 32.1. The summed E-state index contributed by atoms with van der Waals surface area (Å²) in [5.41, 5.74) is 5.47. The number of aromatic amines is 1. The largest absolute Gasteiger partial charge is 0.369 e. The number of nitrogens with one attached hydrogen (secondary N) is 1. The Morgan fingerprint density at radius 1 is 1.53 bits per heavy atom. The summed E-state index contributed by atoms with van der Waals surface area (Å²) in [6, 6.07) is 0. The van der Waals surface area contributed by atoms with Crippen molar-refractivity contribution < 1.29 is 0 Å². The maximum atomic E-state index is 11.7. The number of nitrogens with two attached hydrogens (primary N) is 1. The second kappa shape index (κ2) is 4.54. The number of allylic oxidation sites excluding steroid dienone is 1. The zero-order valence-electron chi connectivity index (χ0n) is 9.10. The van der Waals surface area contributed by atoms with Crippen LogP contribution in [-0.4, -0.2) is 14.5 Å². The van der Waals surface area contributed by atoms with Crippen LogP contribution in [0, 0.1) is 0 Å². The van der Waals surface area contributed by atoms with Crippen LogP contribution in [0.25, 0.3) is 10.3 Å². The predicted octanol–water partition coefficient (Wildman–Crippen LogP) is 0.695. The summed E-state index contributed by atoms with van der Waals surface area (Å²) in [7, 11) is 0. The molecular weight excluding hydrogens is 240 g/mol. The van der Waals surface area contributed by atoms with Crippen molar-refractivity contribution in [2.75, 3.05) is 5.73 Å². The van der Waals surface area contributed by atoms with E-state index in [1.54, 1.807) is 6.08 Å². The van der Waals surface area contributed by atoms with E-state index < -0.39 is 0 Å². The van der Waals surface area contributed by atoms with Crippen molar-refractivity contribution in [3.05, 3.63) is 32.7 Å². The third-order valence-electron chi connectivity index (χ3n) is 2.33. The van der Waals surface area contributed by atoms with E-state index >= 15 is 0 Å². The number of fused-ring (bicyclic) bond motifs is 1. The van der Waals surface area contributed by atoms with E-state index in [4.69, 9.17) is 5.73 Å². The van der Waals surface area contributed by atoms with Gasteiger partial charge in [0.15, 0.2) is 5.65 Å². The summed E-state index contributed by atoms with van der Waals surface area (Å²) in [5, 5.41) is 0. The number of anilines is 1. The van der Waals surface area contributed by atoms with Crippen LogP contribution >= 0.6 is 11.3 Å². The average Bonchev–Trinajstić information content (AvgIpc) is 2.57. The number of hydrogen-bond acceptors (Lipinski definition) is 5. The van der Waals surface area contributed by atoms with Gasteiger partial charge in [-0.05, 0) is 12.8 Å². The van der Waals surface area contributed by atoms with Crippen molar-refractivity contribution in [1.29, 1.82) is 0 Å². The molecular formula is C10H12N4O2S. The van der Waals surface area contributed by atoms with E-state index in [1.165, 1.54) is 4.57 Å². The molecule has 0 unspecified atom stereocenters. The zero-order valence-corrected chi connectivity index (χ0v) is 9.92. The smallest absolute Gasteiger partial charge is 0.309 e. The first-order valence-corrected chi connectivity index (χ1v) is 5.95.